The Morgan fingerprint density at radius 3 is 2.50 bits per heavy atom. The largest absolute Gasteiger partial charge is 0.425 e. The fourth-order valence-electron chi connectivity index (χ4n) is 1.54. The van der Waals surface area contributed by atoms with Crippen molar-refractivity contribution in [3.8, 4) is 5.95 Å². The second kappa shape index (κ2) is 5.87. The van der Waals surface area contributed by atoms with Crippen LogP contribution in [0, 0.1) is 0 Å². The van der Waals surface area contributed by atoms with Crippen LogP contribution in [0.2, 0.25) is 0 Å². The van der Waals surface area contributed by atoms with Crippen molar-refractivity contribution in [3.05, 3.63) is 30.3 Å². The van der Waals surface area contributed by atoms with Crippen LogP contribution < -0.4 is 10.5 Å². The lowest BCUT2D eigenvalue weighted by Crippen LogP contribution is -2.19. The Bertz CT molecular complexity index is 627. The highest BCUT2D eigenvalue weighted by molar-refractivity contribution is 5.86. The van der Waals surface area contributed by atoms with Crippen LogP contribution in [0.3, 0.4) is 0 Å². The molecule has 0 radical (unpaired) electrons. The van der Waals surface area contributed by atoms with E-state index in [-0.39, 0.29) is 18.8 Å². The molecule has 20 heavy (non-hydrogen) atoms. The first kappa shape index (κ1) is 13.6. The highest BCUT2D eigenvalue weighted by atomic mass is 16.6. The predicted molar refractivity (Wildman–Crippen MR) is 66.8 cm³/mol. The molecule has 1 heterocycles. The summed E-state index contributed by atoms with van der Waals surface area (Å²) in [5, 5.41) is 0.795. The molecular formula is C13H11NO6. The van der Waals surface area contributed by atoms with E-state index in [0.29, 0.717) is 5.58 Å². The summed E-state index contributed by atoms with van der Waals surface area (Å²) in [6.45, 7) is 0. The standard InChI is InChI=1S/C13H11NO6/c14-13(17)20-11(16)6-5-10(15)19-12-7-8-3-1-2-4-9(8)18-12/h1-4,7H,5-6H2,(H2,14,17). The predicted octanol–water partition coefficient (Wildman–Crippen LogP) is 1.74. The zero-order chi connectivity index (χ0) is 14.5. The van der Waals surface area contributed by atoms with Crippen LogP contribution in [0.5, 0.6) is 5.95 Å². The van der Waals surface area contributed by atoms with Gasteiger partial charge in [-0.15, -0.1) is 0 Å². The molecule has 0 fully saturated rings. The van der Waals surface area contributed by atoms with Gasteiger partial charge in [0.05, 0.1) is 12.8 Å². The smallest absolute Gasteiger partial charge is 0.412 e. The van der Waals surface area contributed by atoms with Crippen molar-refractivity contribution in [2.45, 2.75) is 12.8 Å². The maximum Gasteiger partial charge on any atom is 0.412 e. The molecule has 2 aromatic rings. The number of amides is 1. The van der Waals surface area contributed by atoms with Gasteiger partial charge in [0.2, 0.25) is 0 Å². The molecule has 2 N–H and O–H groups in total. The molecule has 0 aliphatic heterocycles. The van der Waals surface area contributed by atoms with Crippen molar-refractivity contribution >= 4 is 29.0 Å². The summed E-state index contributed by atoms with van der Waals surface area (Å²) in [4.78, 5) is 32.8. The molecule has 0 aliphatic carbocycles. The third kappa shape index (κ3) is 3.58. The zero-order valence-electron chi connectivity index (χ0n) is 10.3. The van der Waals surface area contributed by atoms with Crippen molar-refractivity contribution in [2.75, 3.05) is 0 Å². The average molecular weight is 277 g/mol. The topological polar surface area (TPSA) is 109 Å². The summed E-state index contributed by atoms with van der Waals surface area (Å²) in [5.41, 5.74) is 5.24. The third-order valence-corrected chi connectivity index (χ3v) is 2.37. The lowest BCUT2D eigenvalue weighted by molar-refractivity contribution is -0.142. The number of esters is 2. The van der Waals surface area contributed by atoms with Gasteiger partial charge in [0.1, 0.15) is 5.58 Å². The number of benzene rings is 1. The minimum absolute atomic E-state index is 0.0412. The number of ether oxygens (including phenoxy) is 2. The van der Waals surface area contributed by atoms with Crippen LogP contribution in [0.25, 0.3) is 11.0 Å². The van der Waals surface area contributed by atoms with Gasteiger partial charge in [-0.1, -0.05) is 18.2 Å². The van der Waals surface area contributed by atoms with E-state index in [1.165, 1.54) is 0 Å². The van der Waals surface area contributed by atoms with Gasteiger partial charge in [-0.05, 0) is 6.07 Å². The van der Waals surface area contributed by atoms with Crippen molar-refractivity contribution in [2.24, 2.45) is 5.73 Å². The van der Waals surface area contributed by atoms with Gasteiger partial charge in [-0.3, -0.25) is 9.59 Å². The van der Waals surface area contributed by atoms with Crippen molar-refractivity contribution in [1.29, 1.82) is 0 Å². The number of para-hydroxylation sites is 1. The molecule has 0 saturated heterocycles. The maximum atomic E-state index is 11.5. The fraction of sp³-hybridized carbons (Fsp3) is 0.154. The van der Waals surface area contributed by atoms with E-state index in [1.54, 1.807) is 24.3 Å². The molecule has 104 valence electrons. The van der Waals surface area contributed by atoms with E-state index in [1.807, 2.05) is 6.07 Å². The van der Waals surface area contributed by atoms with Gasteiger partial charge in [0.25, 0.3) is 5.95 Å². The second-order valence-electron chi connectivity index (χ2n) is 3.87. The quantitative estimate of drug-likeness (QED) is 0.673. The maximum absolute atomic E-state index is 11.5. The number of hydrogen-bond acceptors (Lipinski definition) is 6. The normalized spacial score (nSPS) is 10.2. The Kier molecular flexibility index (Phi) is 3.99. The van der Waals surface area contributed by atoms with Crippen molar-refractivity contribution in [3.63, 3.8) is 0 Å². The molecule has 0 aliphatic rings. The van der Waals surface area contributed by atoms with E-state index in [4.69, 9.17) is 9.15 Å². The number of carbonyl (C=O) groups is 3. The molecule has 0 unspecified atom stereocenters. The molecule has 0 atom stereocenters. The molecule has 0 spiro atoms. The second-order valence-corrected chi connectivity index (χ2v) is 3.87. The molecule has 7 heteroatoms. The van der Waals surface area contributed by atoms with Crippen LogP contribution in [0.4, 0.5) is 4.79 Å². The fourth-order valence-corrected chi connectivity index (χ4v) is 1.54. The van der Waals surface area contributed by atoms with Crippen molar-refractivity contribution < 1.29 is 28.3 Å². The summed E-state index contributed by atoms with van der Waals surface area (Å²) < 4.78 is 14.3. The van der Waals surface area contributed by atoms with Crippen LogP contribution in [-0.2, 0) is 14.3 Å². The zero-order valence-corrected chi connectivity index (χ0v) is 10.3. The first-order valence-corrected chi connectivity index (χ1v) is 5.74. The summed E-state index contributed by atoms with van der Waals surface area (Å²) in [6, 6.07) is 8.72. The number of furan rings is 1. The van der Waals surface area contributed by atoms with Crippen LogP contribution in [0.1, 0.15) is 12.8 Å². The van der Waals surface area contributed by atoms with E-state index >= 15 is 0 Å². The van der Waals surface area contributed by atoms with Gasteiger partial charge in [-0.2, -0.15) is 0 Å². The Labute approximate surface area is 113 Å². The van der Waals surface area contributed by atoms with Crippen LogP contribution in [-0.4, -0.2) is 18.0 Å². The molecule has 7 nitrogen and oxygen atoms in total. The van der Waals surface area contributed by atoms with Gasteiger partial charge in [0, 0.05) is 11.5 Å². The first-order valence-electron chi connectivity index (χ1n) is 5.74. The molecule has 2 rings (SSSR count). The molecule has 0 bridgehead atoms. The van der Waals surface area contributed by atoms with E-state index < -0.39 is 18.0 Å². The monoisotopic (exact) mass is 277 g/mol. The lowest BCUT2D eigenvalue weighted by Gasteiger charge is -2.00. The Hall–Kier alpha value is -2.83. The highest BCUT2D eigenvalue weighted by Gasteiger charge is 2.14. The number of nitrogens with two attached hydrogens (primary N) is 1. The minimum atomic E-state index is -1.21. The molecular weight excluding hydrogens is 266 g/mol. The Morgan fingerprint density at radius 2 is 1.80 bits per heavy atom. The Morgan fingerprint density at radius 1 is 1.10 bits per heavy atom. The van der Waals surface area contributed by atoms with E-state index in [2.05, 4.69) is 10.5 Å². The Balaban J connectivity index is 1.88. The van der Waals surface area contributed by atoms with E-state index in [0.717, 1.165) is 5.39 Å². The van der Waals surface area contributed by atoms with Gasteiger partial charge in [0.15, 0.2) is 0 Å². The van der Waals surface area contributed by atoms with Gasteiger partial charge < -0.3 is 19.6 Å². The number of rotatable bonds is 4. The molecule has 1 amide bonds. The number of primary amides is 1. The third-order valence-electron chi connectivity index (χ3n) is 2.37. The summed E-state index contributed by atoms with van der Waals surface area (Å²) in [6.07, 6.45) is -1.76. The van der Waals surface area contributed by atoms with Gasteiger partial charge in [-0.25, -0.2) is 4.79 Å². The molecule has 1 aromatic heterocycles. The minimum Gasteiger partial charge on any atom is -0.425 e. The van der Waals surface area contributed by atoms with Gasteiger partial charge >= 0.3 is 18.0 Å². The van der Waals surface area contributed by atoms with Crippen LogP contribution >= 0.6 is 0 Å². The SMILES string of the molecule is NC(=O)OC(=O)CCC(=O)Oc1cc2ccccc2o1. The molecule has 0 saturated carbocycles. The summed E-state index contributed by atoms with van der Waals surface area (Å²) >= 11 is 0. The molecule has 1 aromatic carbocycles. The summed E-state index contributed by atoms with van der Waals surface area (Å²) in [5.74, 6) is -1.52. The highest BCUT2D eigenvalue weighted by Crippen LogP contribution is 2.24. The first-order chi connectivity index (χ1) is 9.54. The average Bonchev–Trinajstić information content (AvgIpc) is 2.77. The lowest BCUT2D eigenvalue weighted by atomic mass is 10.3. The summed E-state index contributed by atoms with van der Waals surface area (Å²) in [7, 11) is 0. The number of carbonyl (C=O) groups excluding carboxylic acids is 3. The van der Waals surface area contributed by atoms with Crippen LogP contribution in [0.15, 0.2) is 34.7 Å². The number of hydrogen-bond donors (Lipinski definition) is 1. The van der Waals surface area contributed by atoms with E-state index in [9.17, 15) is 14.4 Å². The number of fused-ring (bicyclic) bond motifs is 1. The van der Waals surface area contributed by atoms with Crippen molar-refractivity contribution in [1.82, 2.24) is 0 Å².